The maximum absolute atomic E-state index is 12.3. The lowest BCUT2D eigenvalue weighted by atomic mass is 10.1. The molecule has 6 nitrogen and oxygen atoms in total. The van der Waals surface area contributed by atoms with Gasteiger partial charge in [0.15, 0.2) is 0 Å². The first-order valence-electron chi connectivity index (χ1n) is 12.2. The van der Waals surface area contributed by atoms with Crippen molar-refractivity contribution >= 4 is 16.9 Å². The van der Waals surface area contributed by atoms with Crippen LogP contribution in [0.3, 0.4) is 0 Å². The van der Waals surface area contributed by atoms with E-state index in [1.54, 1.807) is 5.06 Å². The van der Waals surface area contributed by atoms with E-state index in [1.165, 1.54) is 10.8 Å². The number of ether oxygens (including phenoxy) is 3. The summed E-state index contributed by atoms with van der Waals surface area (Å²) in [5, 5.41) is 3.96. The van der Waals surface area contributed by atoms with Gasteiger partial charge >= 0.3 is 6.16 Å². The Bertz CT molecular complexity index is 1260. The maximum atomic E-state index is 12.3. The molecule has 1 fully saturated rings. The molecule has 0 bridgehead atoms. The van der Waals surface area contributed by atoms with Gasteiger partial charge in [-0.25, -0.2) is 4.79 Å². The van der Waals surface area contributed by atoms with Crippen LogP contribution in [0, 0.1) is 0 Å². The third-order valence-corrected chi connectivity index (χ3v) is 6.17. The molecule has 2 atom stereocenters. The molecule has 184 valence electrons. The highest BCUT2D eigenvalue weighted by atomic mass is 16.8. The van der Waals surface area contributed by atoms with Crippen LogP contribution < -0.4 is 4.74 Å². The van der Waals surface area contributed by atoms with Gasteiger partial charge in [-0.1, -0.05) is 84.9 Å². The van der Waals surface area contributed by atoms with E-state index in [4.69, 9.17) is 19.0 Å². The van der Waals surface area contributed by atoms with E-state index in [-0.39, 0.29) is 18.8 Å². The quantitative estimate of drug-likeness (QED) is 0.280. The van der Waals surface area contributed by atoms with Gasteiger partial charge in [0.1, 0.15) is 24.6 Å². The number of carbonyl (C=O) groups excluding carboxylic acids is 1. The number of piperidine rings is 1. The monoisotopic (exact) mass is 483 g/mol. The van der Waals surface area contributed by atoms with Gasteiger partial charge in [0.2, 0.25) is 0 Å². The van der Waals surface area contributed by atoms with Crippen LogP contribution in [0.25, 0.3) is 10.8 Å². The number of hydrogen-bond acceptors (Lipinski definition) is 6. The summed E-state index contributed by atoms with van der Waals surface area (Å²) in [5.41, 5.74) is 1.98. The van der Waals surface area contributed by atoms with Crippen LogP contribution in [0.1, 0.15) is 17.5 Å². The van der Waals surface area contributed by atoms with Gasteiger partial charge in [-0.2, -0.15) is 0 Å². The molecule has 36 heavy (non-hydrogen) atoms. The Morgan fingerprint density at radius 3 is 2.28 bits per heavy atom. The number of hydrogen-bond donors (Lipinski definition) is 0. The van der Waals surface area contributed by atoms with E-state index in [9.17, 15) is 4.79 Å². The normalized spacial score (nSPS) is 18.0. The van der Waals surface area contributed by atoms with Crippen LogP contribution >= 0.6 is 0 Å². The number of carbonyl (C=O) groups is 1. The second kappa shape index (κ2) is 11.7. The first kappa shape index (κ1) is 23.9. The smallest absolute Gasteiger partial charge is 0.488 e. The molecule has 5 rings (SSSR count). The predicted molar refractivity (Wildman–Crippen MR) is 137 cm³/mol. The highest BCUT2D eigenvalue weighted by Crippen LogP contribution is 2.23. The van der Waals surface area contributed by atoms with Crippen molar-refractivity contribution in [3.05, 3.63) is 114 Å². The Balaban J connectivity index is 1.22. The van der Waals surface area contributed by atoms with Crippen LogP contribution in [0.2, 0.25) is 0 Å². The fourth-order valence-electron chi connectivity index (χ4n) is 4.30. The molecular formula is C30H29NO5. The molecule has 0 N–H and O–H groups in total. The summed E-state index contributed by atoms with van der Waals surface area (Å²) in [5.74, 6) is 0.790. The standard InChI is InChI=1S/C30H29NO5/c32-30(34-21-23-9-3-1-4-10-23)36-31-18-17-28(35-27-13-5-2-6-14-27)29(20-31)33-22-24-15-16-25-11-7-8-12-26(25)19-24/h1-16,19,28-29H,17-18,20-22H2. The van der Waals surface area contributed by atoms with Crippen molar-refractivity contribution in [3.63, 3.8) is 0 Å². The molecule has 0 amide bonds. The molecule has 2 unspecified atom stereocenters. The Kier molecular flexibility index (Phi) is 7.76. The molecular weight excluding hydrogens is 454 g/mol. The molecule has 1 saturated heterocycles. The van der Waals surface area contributed by atoms with Gasteiger partial charge in [0, 0.05) is 13.0 Å². The molecule has 0 radical (unpaired) electrons. The van der Waals surface area contributed by atoms with Crippen molar-refractivity contribution in [1.82, 2.24) is 5.06 Å². The molecule has 0 aliphatic carbocycles. The van der Waals surface area contributed by atoms with Gasteiger partial charge in [-0.05, 0) is 40.1 Å². The maximum Gasteiger partial charge on any atom is 0.528 e. The van der Waals surface area contributed by atoms with Crippen molar-refractivity contribution < 1.29 is 23.8 Å². The number of para-hydroxylation sites is 1. The van der Waals surface area contributed by atoms with E-state index < -0.39 is 6.16 Å². The lowest BCUT2D eigenvalue weighted by molar-refractivity contribution is -0.187. The van der Waals surface area contributed by atoms with Crippen LogP contribution in [-0.4, -0.2) is 36.5 Å². The third kappa shape index (κ3) is 6.42. The summed E-state index contributed by atoms with van der Waals surface area (Å²) in [4.78, 5) is 17.8. The summed E-state index contributed by atoms with van der Waals surface area (Å²) < 4.78 is 17.9. The molecule has 1 aliphatic heterocycles. The molecule has 0 aromatic heterocycles. The van der Waals surface area contributed by atoms with E-state index >= 15 is 0 Å². The largest absolute Gasteiger partial charge is 0.528 e. The molecule has 6 heteroatoms. The molecule has 0 saturated carbocycles. The van der Waals surface area contributed by atoms with Gasteiger partial charge in [-0.15, -0.1) is 5.06 Å². The second-order valence-corrected chi connectivity index (χ2v) is 8.79. The van der Waals surface area contributed by atoms with Crippen molar-refractivity contribution in [2.45, 2.75) is 31.8 Å². The first-order chi connectivity index (χ1) is 17.7. The summed E-state index contributed by atoms with van der Waals surface area (Å²) in [6.07, 6.45) is -0.557. The van der Waals surface area contributed by atoms with Gasteiger partial charge in [-0.3, -0.25) is 0 Å². The SMILES string of the molecule is O=C(OCc1ccccc1)ON1CCC(Oc2ccccc2)C(OCc2ccc3ccccc3c2)C1. The van der Waals surface area contributed by atoms with Crippen LogP contribution in [0.15, 0.2) is 103 Å². The minimum Gasteiger partial charge on any atom is -0.488 e. The lowest BCUT2D eigenvalue weighted by Crippen LogP contribution is -2.50. The Morgan fingerprint density at radius 1 is 0.750 bits per heavy atom. The third-order valence-electron chi connectivity index (χ3n) is 6.17. The molecule has 4 aromatic rings. The summed E-state index contributed by atoms with van der Waals surface area (Å²) in [6, 6.07) is 33.8. The average molecular weight is 484 g/mol. The highest BCUT2D eigenvalue weighted by Gasteiger charge is 2.34. The van der Waals surface area contributed by atoms with E-state index in [2.05, 4.69) is 30.3 Å². The van der Waals surface area contributed by atoms with E-state index in [1.807, 2.05) is 72.8 Å². The van der Waals surface area contributed by atoms with Crippen LogP contribution in [-0.2, 0) is 27.5 Å². The first-order valence-corrected chi connectivity index (χ1v) is 12.2. The Hall–Kier alpha value is -3.87. The number of hydroxylamine groups is 2. The number of fused-ring (bicyclic) bond motifs is 1. The fraction of sp³-hybridized carbons (Fsp3) is 0.233. The number of nitrogens with zero attached hydrogens (tertiary/aromatic N) is 1. The molecule has 4 aromatic carbocycles. The van der Waals surface area contributed by atoms with Gasteiger partial charge in [0.25, 0.3) is 0 Å². The van der Waals surface area contributed by atoms with E-state index in [0.717, 1.165) is 16.9 Å². The Morgan fingerprint density at radius 2 is 1.47 bits per heavy atom. The number of benzene rings is 4. The lowest BCUT2D eigenvalue weighted by Gasteiger charge is -2.36. The predicted octanol–water partition coefficient (Wildman–Crippen LogP) is 6.15. The van der Waals surface area contributed by atoms with E-state index in [0.29, 0.717) is 26.1 Å². The fourth-order valence-corrected chi connectivity index (χ4v) is 4.30. The van der Waals surface area contributed by atoms with Crippen LogP contribution in [0.5, 0.6) is 5.75 Å². The topological polar surface area (TPSA) is 57.2 Å². The molecule has 1 heterocycles. The van der Waals surface area contributed by atoms with Gasteiger partial charge in [0.05, 0.1) is 13.2 Å². The zero-order chi connectivity index (χ0) is 24.6. The van der Waals surface area contributed by atoms with Crippen LogP contribution in [0.4, 0.5) is 4.79 Å². The number of rotatable bonds is 8. The minimum absolute atomic E-state index is 0.162. The van der Waals surface area contributed by atoms with Gasteiger partial charge < -0.3 is 19.0 Å². The molecule has 1 aliphatic rings. The van der Waals surface area contributed by atoms with Crippen molar-refractivity contribution in [1.29, 1.82) is 0 Å². The summed E-state index contributed by atoms with van der Waals surface area (Å²) >= 11 is 0. The van der Waals surface area contributed by atoms with Crippen molar-refractivity contribution in [3.8, 4) is 5.75 Å². The zero-order valence-electron chi connectivity index (χ0n) is 20.0. The Labute approximate surface area is 210 Å². The zero-order valence-corrected chi connectivity index (χ0v) is 20.0. The second-order valence-electron chi connectivity index (χ2n) is 8.79. The molecule has 0 spiro atoms. The van der Waals surface area contributed by atoms with Crippen molar-refractivity contribution in [2.75, 3.05) is 13.1 Å². The van der Waals surface area contributed by atoms with Crippen molar-refractivity contribution in [2.24, 2.45) is 0 Å². The highest BCUT2D eigenvalue weighted by molar-refractivity contribution is 5.82. The average Bonchev–Trinajstić information content (AvgIpc) is 2.93. The minimum atomic E-state index is -0.727. The summed E-state index contributed by atoms with van der Waals surface area (Å²) in [7, 11) is 0. The summed E-state index contributed by atoms with van der Waals surface area (Å²) in [6.45, 7) is 1.49.